The monoisotopic (exact) mass is 563 g/mol. The first-order valence-electron chi connectivity index (χ1n) is 9.35. The van der Waals surface area contributed by atoms with E-state index in [4.69, 9.17) is 20.2 Å². The molecule has 3 nitrogen and oxygen atoms in total. The number of halogens is 8. The number of H-pyrrole nitrogens is 1. The van der Waals surface area contributed by atoms with Crippen molar-refractivity contribution in [1.82, 2.24) is 4.98 Å². The summed E-state index contributed by atoms with van der Waals surface area (Å²) in [6, 6.07) is 12.5. The number of nitrogens with one attached hydrogen (secondary N) is 1. The Labute approximate surface area is 206 Å². The number of aromatic amines is 1. The molecule has 0 fully saturated rings. The minimum absolute atomic E-state index is 0.194. The van der Waals surface area contributed by atoms with Crippen LogP contribution >= 0.6 is 20.2 Å². The van der Waals surface area contributed by atoms with Crippen LogP contribution in [0.5, 0.6) is 0 Å². The Balaban J connectivity index is 0.00000129. The molecule has 1 N–H and O–H groups in total. The third-order valence-corrected chi connectivity index (χ3v) is 4.45. The molecule has 3 aromatic rings. The summed E-state index contributed by atoms with van der Waals surface area (Å²) in [4.78, 5) is 11.7. The van der Waals surface area contributed by atoms with Gasteiger partial charge in [0.05, 0.1) is 45.3 Å². The first-order valence-corrected chi connectivity index (χ1v) is 12.4. The summed E-state index contributed by atoms with van der Waals surface area (Å²) in [7, 11) is 9.53. The van der Waals surface area contributed by atoms with Gasteiger partial charge in [0.25, 0.3) is 0 Å². The van der Waals surface area contributed by atoms with E-state index in [2.05, 4.69) is 15.0 Å². The molecule has 0 aliphatic rings. The van der Waals surface area contributed by atoms with Crippen LogP contribution in [0.4, 0.5) is 37.7 Å². The zero-order valence-electron chi connectivity index (χ0n) is 17.5. The van der Waals surface area contributed by atoms with E-state index in [1.165, 1.54) is 24.3 Å². The molecule has 0 aliphatic carbocycles. The Morgan fingerprint density at radius 2 is 0.941 bits per heavy atom. The van der Waals surface area contributed by atoms with Crippen LogP contribution in [0, 0.1) is 0 Å². The van der Waals surface area contributed by atoms with Crippen molar-refractivity contribution in [2.75, 3.05) is 0 Å². The molecule has 3 rings (SSSR count). The zero-order chi connectivity index (χ0) is 25.5. The Kier molecular flexibility index (Phi) is 9.82. The summed E-state index contributed by atoms with van der Waals surface area (Å²) >= 11 is 0.194. The fourth-order valence-corrected chi connectivity index (χ4v) is 2.77. The third kappa shape index (κ3) is 8.20. The van der Waals surface area contributed by atoms with Gasteiger partial charge in [0.2, 0.25) is 0 Å². The summed E-state index contributed by atoms with van der Waals surface area (Å²) in [5, 5.41) is 0. The standard InChI is InChI=1S/C22H17F6N3.2ClH.Fe/c1-13(29-17-7-3-15(4-8-17)21(23,24)25)19-11-12-20(31-19)14(2)30-18-9-5-16(6-10-18)22(26,27)28;;;/h3-12,31H,1-2H3;2*1H;/q;;;+2/p-2. The molecule has 184 valence electrons. The van der Waals surface area contributed by atoms with Crippen LogP contribution in [0.25, 0.3) is 0 Å². The fourth-order valence-electron chi connectivity index (χ4n) is 2.77. The summed E-state index contributed by atoms with van der Waals surface area (Å²) < 4.78 is 75.9. The van der Waals surface area contributed by atoms with Gasteiger partial charge < -0.3 is 4.98 Å². The van der Waals surface area contributed by atoms with E-state index in [-0.39, 0.29) is 13.1 Å². The molecule has 2 aromatic carbocycles. The van der Waals surface area contributed by atoms with E-state index in [0.29, 0.717) is 34.2 Å². The van der Waals surface area contributed by atoms with Gasteiger partial charge in [-0.15, -0.1) is 0 Å². The van der Waals surface area contributed by atoms with Crippen molar-refractivity contribution in [3.05, 3.63) is 83.2 Å². The normalized spacial score (nSPS) is 13.0. The Hall–Kier alpha value is -2.26. The Morgan fingerprint density at radius 3 is 1.21 bits per heavy atom. The van der Waals surface area contributed by atoms with E-state index in [1.54, 1.807) is 26.0 Å². The van der Waals surface area contributed by atoms with Gasteiger partial charge in [0.15, 0.2) is 0 Å². The van der Waals surface area contributed by atoms with Gasteiger partial charge in [-0.05, 0) is 74.5 Å². The minimum atomic E-state index is -4.41. The predicted octanol–water partition coefficient (Wildman–Crippen LogP) is 8.71. The molecule has 12 heteroatoms. The molecule has 0 saturated carbocycles. The average molecular weight is 564 g/mol. The van der Waals surface area contributed by atoms with E-state index in [9.17, 15) is 26.3 Å². The van der Waals surface area contributed by atoms with Crippen molar-refractivity contribution >= 4 is 43.0 Å². The molecule has 0 radical (unpaired) electrons. The number of nitrogens with zero attached hydrogens (tertiary/aromatic N) is 2. The van der Waals surface area contributed by atoms with Gasteiger partial charge >= 0.3 is 45.7 Å². The van der Waals surface area contributed by atoms with Gasteiger partial charge in [-0.3, -0.25) is 9.98 Å². The maximum absolute atomic E-state index is 12.7. The van der Waals surface area contributed by atoms with Crippen LogP contribution in [-0.4, -0.2) is 16.4 Å². The van der Waals surface area contributed by atoms with Gasteiger partial charge in [-0.1, -0.05) is 0 Å². The van der Waals surface area contributed by atoms with Crippen LogP contribution in [0.1, 0.15) is 36.4 Å². The summed E-state index contributed by atoms with van der Waals surface area (Å²) in [6.07, 6.45) is -8.81. The molecule has 1 heterocycles. The van der Waals surface area contributed by atoms with Crippen LogP contribution in [0.15, 0.2) is 70.6 Å². The van der Waals surface area contributed by atoms with Gasteiger partial charge in [0, 0.05) is 0 Å². The SMILES string of the molecule is CC(=Nc1ccc(C(F)(F)F)cc1)c1ccc(C(C)=Nc2ccc(C(F)(F)F)cc2)[nH]1.[Cl][Fe][Cl]. The first kappa shape index (κ1) is 28.0. The number of rotatable bonds is 4. The second kappa shape index (κ2) is 11.9. The number of benzene rings is 2. The molecule has 0 bridgehead atoms. The maximum atomic E-state index is 12.7. The molecule has 0 saturated heterocycles. The number of hydrogen-bond donors (Lipinski definition) is 1. The van der Waals surface area contributed by atoms with Crippen LogP contribution < -0.4 is 0 Å². The van der Waals surface area contributed by atoms with Crippen molar-refractivity contribution in [3.8, 4) is 0 Å². The summed E-state index contributed by atoms with van der Waals surface area (Å²) in [5.74, 6) is 0. The molecule has 0 amide bonds. The molecule has 1 aromatic heterocycles. The fraction of sp³-hybridized carbons (Fsp3) is 0.182. The number of aliphatic imine (C=N–C) groups is 2. The second-order valence-corrected chi connectivity index (χ2v) is 8.64. The molecule has 34 heavy (non-hydrogen) atoms. The van der Waals surface area contributed by atoms with Crippen molar-refractivity contribution < 1.29 is 39.5 Å². The Bertz CT molecular complexity index is 1050. The van der Waals surface area contributed by atoms with Gasteiger partial charge in [-0.2, -0.15) is 26.3 Å². The summed E-state index contributed by atoms with van der Waals surface area (Å²) in [6.45, 7) is 3.41. The number of aromatic nitrogens is 1. The van der Waals surface area contributed by atoms with Crippen molar-refractivity contribution in [2.24, 2.45) is 9.98 Å². The van der Waals surface area contributed by atoms with E-state index < -0.39 is 23.5 Å². The van der Waals surface area contributed by atoms with Gasteiger partial charge in [0.1, 0.15) is 0 Å². The molecular weight excluding hydrogens is 547 g/mol. The quantitative estimate of drug-likeness (QED) is 0.187. The van der Waals surface area contributed by atoms with Crippen molar-refractivity contribution in [3.63, 3.8) is 0 Å². The third-order valence-electron chi connectivity index (χ3n) is 4.45. The zero-order valence-corrected chi connectivity index (χ0v) is 20.2. The predicted molar refractivity (Wildman–Crippen MR) is 119 cm³/mol. The molecule has 0 spiro atoms. The average Bonchev–Trinajstić information content (AvgIpc) is 3.24. The van der Waals surface area contributed by atoms with Crippen molar-refractivity contribution in [1.29, 1.82) is 0 Å². The topological polar surface area (TPSA) is 40.5 Å². The van der Waals surface area contributed by atoms with E-state index in [0.717, 1.165) is 24.3 Å². The molecule has 0 aliphatic heterocycles. The number of alkyl halides is 6. The van der Waals surface area contributed by atoms with Crippen LogP contribution in [0.3, 0.4) is 0 Å². The summed E-state index contributed by atoms with van der Waals surface area (Å²) in [5.41, 5.74) is 1.62. The van der Waals surface area contributed by atoms with Gasteiger partial charge in [-0.25, -0.2) is 0 Å². The van der Waals surface area contributed by atoms with E-state index in [1.807, 2.05) is 0 Å². The number of hydrogen-bond acceptors (Lipinski definition) is 2. The molecular formula is C22H17Cl2F6FeN3. The van der Waals surface area contributed by atoms with Crippen molar-refractivity contribution in [2.45, 2.75) is 26.2 Å². The van der Waals surface area contributed by atoms with E-state index >= 15 is 0 Å². The first-order chi connectivity index (χ1) is 15.8. The van der Waals surface area contributed by atoms with Crippen LogP contribution in [0.2, 0.25) is 0 Å². The van der Waals surface area contributed by atoms with Crippen LogP contribution in [-0.2, 0) is 25.5 Å². The molecule has 0 unspecified atom stereocenters. The molecule has 0 atom stereocenters. The second-order valence-electron chi connectivity index (χ2n) is 6.82. The Morgan fingerprint density at radius 1 is 0.647 bits per heavy atom.